The van der Waals surface area contributed by atoms with Crippen LogP contribution in [0.15, 0.2) is 36.5 Å². The molecule has 0 saturated carbocycles. The quantitative estimate of drug-likeness (QED) is 0.801. The van der Waals surface area contributed by atoms with Gasteiger partial charge in [-0.2, -0.15) is 0 Å². The normalized spacial score (nSPS) is 28.1. The van der Waals surface area contributed by atoms with Gasteiger partial charge in [0, 0.05) is 31.6 Å². The number of hydrogen-bond acceptors (Lipinski definition) is 3. The van der Waals surface area contributed by atoms with Crippen LogP contribution in [0.2, 0.25) is 0 Å². The molecule has 2 unspecified atom stereocenters. The van der Waals surface area contributed by atoms with Crippen LogP contribution in [0.1, 0.15) is 32.3 Å². The van der Waals surface area contributed by atoms with Gasteiger partial charge in [0.1, 0.15) is 5.60 Å². The lowest BCUT2D eigenvalue weighted by Crippen LogP contribution is -2.41. The fourth-order valence-corrected chi connectivity index (χ4v) is 4.25. The lowest BCUT2D eigenvalue weighted by molar-refractivity contribution is -0.130. The first-order valence-corrected chi connectivity index (χ1v) is 8.40. The van der Waals surface area contributed by atoms with Crippen molar-refractivity contribution < 1.29 is 9.53 Å². The highest BCUT2D eigenvalue weighted by atomic mass is 16.6. The van der Waals surface area contributed by atoms with Gasteiger partial charge >= 0.3 is 0 Å². The number of rotatable bonds is 2. The van der Waals surface area contributed by atoms with E-state index < -0.39 is 0 Å². The van der Waals surface area contributed by atoms with E-state index in [2.05, 4.69) is 36.2 Å². The molecule has 120 valence electrons. The van der Waals surface area contributed by atoms with Crippen LogP contribution in [-0.4, -0.2) is 35.0 Å². The second kappa shape index (κ2) is 5.31. The number of amides is 1. The summed E-state index contributed by atoms with van der Waals surface area (Å²) in [6.07, 6.45) is 4.11. The summed E-state index contributed by atoms with van der Waals surface area (Å²) in [6.45, 7) is 5.48. The van der Waals surface area contributed by atoms with Gasteiger partial charge in [0.2, 0.25) is 5.91 Å². The highest BCUT2D eigenvalue weighted by Gasteiger charge is 2.60. The SMILES string of the molecule is CC(=O)N1CCC(C2(c3ccnc4ccccc34)OC2C)CC1. The van der Waals surface area contributed by atoms with E-state index >= 15 is 0 Å². The average molecular weight is 310 g/mol. The molecule has 0 bridgehead atoms. The summed E-state index contributed by atoms with van der Waals surface area (Å²) in [6, 6.07) is 10.4. The van der Waals surface area contributed by atoms with E-state index in [0.717, 1.165) is 31.4 Å². The van der Waals surface area contributed by atoms with Crippen molar-refractivity contribution in [3.05, 3.63) is 42.1 Å². The minimum atomic E-state index is -0.203. The molecule has 1 amide bonds. The number of benzene rings is 1. The van der Waals surface area contributed by atoms with Crippen LogP contribution in [0.4, 0.5) is 0 Å². The van der Waals surface area contributed by atoms with Crippen molar-refractivity contribution in [2.45, 2.75) is 38.4 Å². The number of aromatic nitrogens is 1. The number of nitrogens with zero attached hydrogens (tertiary/aromatic N) is 2. The molecular weight excluding hydrogens is 288 g/mol. The molecular formula is C19H22N2O2. The van der Waals surface area contributed by atoms with Gasteiger partial charge in [-0.3, -0.25) is 9.78 Å². The van der Waals surface area contributed by atoms with E-state index in [4.69, 9.17) is 4.74 Å². The smallest absolute Gasteiger partial charge is 0.219 e. The Labute approximate surface area is 136 Å². The lowest BCUT2D eigenvalue weighted by atomic mass is 9.77. The molecule has 2 fully saturated rings. The third-order valence-corrected chi connectivity index (χ3v) is 5.54. The molecule has 0 N–H and O–H groups in total. The summed E-state index contributed by atoms with van der Waals surface area (Å²) in [5.41, 5.74) is 2.08. The van der Waals surface area contributed by atoms with Crippen LogP contribution in [0, 0.1) is 5.92 Å². The Morgan fingerprint density at radius 2 is 1.96 bits per heavy atom. The Balaban J connectivity index is 1.70. The summed E-state index contributed by atoms with van der Waals surface area (Å²) in [5.74, 6) is 0.635. The number of pyridine rings is 1. The van der Waals surface area contributed by atoms with Crippen LogP contribution in [-0.2, 0) is 15.1 Å². The van der Waals surface area contributed by atoms with E-state index in [1.54, 1.807) is 6.92 Å². The summed E-state index contributed by atoms with van der Waals surface area (Å²) in [5, 5.41) is 1.19. The molecule has 4 rings (SSSR count). The fourth-order valence-electron chi connectivity index (χ4n) is 4.25. The van der Waals surface area contributed by atoms with Crippen LogP contribution in [0.25, 0.3) is 10.9 Å². The van der Waals surface area contributed by atoms with Crippen LogP contribution >= 0.6 is 0 Å². The molecule has 1 aromatic carbocycles. The largest absolute Gasteiger partial charge is 0.361 e. The molecule has 1 aromatic heterocycles. The number of carbonyl (C=O) groups is 1. The standard InChI is InChI=1S/C19H22N2O2/c1-13-19(23-13,15-8-11-21(12-9-15)14(2)22)17-7-10-20-18-6-4-3-5-16(17)18/h3-7,10,13,15H,8-9,11-12H2,1-2H3. The molecule has 4 heteroatoms. The maximum Gasteiger partial charge on any atom is 0.219 e. The molecule has 3 heterocycles. The number of para-hydroxylation sites is 1. The Morgan fingerprint density at radius 3 is 2.61 bits per heavy atom. The number of carbonyl (C=O) groups excluding carboxylic acids is 1. The molecule has 2 aliphatic rings. The molecule has 2 aromatic rings. The van der Waals surface area contributed by atoms with Crippen molar-refractivity contribution >= 4 is 16.8 Å². The van der Waals surface area contributed by atoms with Gasteiger partial charge in [0.25, 0.3) is 0 Å². The Kier molecular flexibility index (Phi) is 3.38. The maximum atomic E-state index is 11.6. The fraction of sp³-hybridized carbons (Fsp3) is 0.474. The summed E-state index contributed by atoms with van der Waals surface area (Å²) >= 11 is 0. The number of likely N-dealkylation sites (tertiary alicyclic amines) is 1. The van der Waals surface area contributed by atoms with Crippen molar-refractivity contribution in [1.29, 1.82) is 0 Å². The topological polar surface area (TPSA) is 45.7 Å². The highest BCUT2D eigenvalue weighted by Crippen LogP contribution is 2.56. The molecule has 0 spiro atoms. The van der Waals surface area contributed by atoms with Gasteiger partial charge in [0.15, 0.2) is 0 Å². The predicted octanol–water partition coefficient (Wildman–Crippen LogP) is 3.11. The molecule has 4 nitrogen and oxygen atoms in total. The zero-order chi connectivity index (χ0) is 16.0. The maximum absolute atomic E-state index is 11.6. The monoisotopic (exact) mass is 310 g/mol. The van der Waals surface area contributed by atoms with E-state index in [9.17, 15) is 4.79 Å². The highest BCUT2D eigenvalue weighted by molar-refractivity contribution is 5.83. The van der Waals surface area contributed by atoms with Crippen molar-refractivity contribution in [2.24, 2.45) is 5.92 Å². The van der Waals surface area contributed by atoms with Gasteiger partial charge in [-0.1, -0.05) is 18.2 Å². The van der Waals surface area contributed by atoms with Gasteiger partial charge in [-0.15, -0.1) is 0 Å². The van der Waals surface area contributed by atoms with Crippen LogP contribution in [0.5, 0.6) is 0 Å². The summed E-state index contributed by atoms with van der Waals surface area (Å²) < 4.78 is 6.20. The van der Waals surface area contributed by atoms with Crippen LogP contribution < -0.4 is 0 Å². The van der Waals surface area contributed by atoms with E-state index in [1.165, 1.54) is 10.9 Å². The summed E-state index contributed by atoms with van der Waals surface area (Å²) in [4.78, 5) is 18.0. The van der Waals surface area contributed by atoms with Gasteiger partial charge < -0.3 is 9.64 Å². The molecule has 0 radical (unpaired) electrons. The van der Waals surface area contributed by atoms with Crippen LogP contribution in [0.3, 0.4) is 0 Å². The Morgan fingerprint density at radius 1 is 1.26 bits per heavy atom. The number of fused-ring (bicyclic) bond motifs is 1. The van der Waals surface area contributed by atoms with E-state index in [0.29, 0.717) is 5.92 Å². The Bertz CT molecular complexity index is 747. The second-order valence-corrected chi connectivity index (χ2v) is 6.71. The third kappa shape index (κ3) is 2.24. The zero-order valence-electron chi connectivity index (χ0n) is 13.7. The lowest BCUT2D eigenvalue weighted by Gasteiger charge is -2.35. The minimum absolute atomic E-state index is 0.177. The zero-order valence-corrected chi connectivity index (χ0v) is 13.7. The molecule has 23 heavy (non-hydrogen) atoms. The second-order valence-electron chi connectivity index (χ2n) is 6.71. The first kappa shape index (κ1) is 14.6. The molecule has 2 aliphatic heterocycles. The molecule has 2 atom stereocenters. The first-order chi connectivity index (χ1) is 11.1. The first-order valence-electron chi connectivity index (χ1n) is 8.40. The van der Waals surface area contributed by atoms with Crippen molar-refractivity contribution in [1.82, 2.24) is 9.88 Å². The number of piperidine rings is 1. The number of epoxide rings is 1. The number of ether oxygens (including phenoxy) is 1. The van der Waals surface area contributed by atoms with Crippen molar-refractivity contribution in [2.75, 3.05) is 13.1 Å². The van der Waals surface area contributed by atoms with Gasteiger partial charge in [0.05, 0.1) is 11.6 Å². The predicted molar refractivity (Wildman–Crippen MR) is 88.9 cm³/mol. The van der Waals surface area contributed by atoms with Crippen molar-refractivity contribution in [3.8, 4) is 0 Å². The Hall–Kier alpha value is -1.94. The van der Waals surface area contributed by atoms with E-state index in [1.807, 2.05) is 17.2 Å². The third-order valence-electron chi connectivity index (χ3n) is 5.54. The molecule has 2 saturated heterocycles. The molecule has 0 aliphatic carbocycles. The van der Waals surface area contributed by atoms with E-state index in [-0.39, 0.29) is 17.6 Å². The van der Waals surface area contributed by atoms with Gasteiger partial charge in [-0.25, -0.2) is 0 Å². The average Bonchev–Trinajstić information content (AvgIpc) is 3.26. The van der Waals surface area contributed by atoms with Crippen molar-refractivity contribution in [3.63, 3.8) is 0 Å². The van der Waals surface area contributed by atoms with Gasteiger partial charge in [-0.05, 0) is 43.4 Å². The minimum Gasteiger partial charge on any atom is -0.361 e. The summed E-state index contributed by atoms with van der Waals surface area (Å²) in [7, 11) is 0. The number of hydrogen-bond donors (Lipinski definition) is 0.